The molecule has 0 unspecified atom stereocenters. The van der Waals surface area contributed by atoms with Crippen LogP contribution < -0.4 is 10.1 Å². The molecule has 1 amide bonds. The molecule has 2 aromatic rings. The van der Waals surface area contributed by atoms with Gasteiger partial charge in [0.1, 0.15) is 5.75 Å². The van der Waals surface area contributed by atoms with E-state index in [1.165, 1.54) is 5.56 Å². The molecule has 122 valence electrons. The first-order valence-electron chi connectivity index (χ1n) is 8.03. The van der Waals surface area contributed by atoms with Crippen molar-refractivity contribution in [3.8, 4) is 5.75 Å². The Hall–Kier alpha value is -2.29. The van der Waals surface area contributed by atoms with Gasteiger partial charge in [-0.1, -0.05) is 51.1 Å². The highest BCUT2D eigenvalue weighted by molar-refractivity contribution is 5.90. The van der Waals surface area contributed by atoms with Crippen LogP contribution in [0.3, 0.4) is 0 Å². The highest BCUT2D eigenvalue weighted by Gasteiger charge is 2.12. The van der Waals surface area contributed by atoms with Crippen molar-refractivity contribution in [2.75, 3.05) is 11.9 Å². The molecule has 0 bridgehead atoms. The number of amides is 1. The van der Waals surface area contributed by atoms with Crippen LogP contribution in [0.25, 0.3) is 0 Å². The smallest absolute Gasteiger partial charge is 0.224 e. The molecule has 1 N–H and O–H groups in total. The van der Waals surface area contributed by atoms with Crippen LogP contribution in [0.15, 0.2) is 54.6 Å². The Morgan fingerprint density at radius 3 is 2.26 bits per heavy atom. The fourth-order valence-electron chi connectivity index (χ4n) is 2.22. The van der Waals surface area contributed by atoms with Gasteiger partial charge in [0.05, 0.1) is 6.61 Å². The Labute approximate surface area is 138 Å². The van der Waals surface area contributed by atoms with Crippen LogP contribution in [-0.2, 0) is 10.2 Å². The molecule has 0 aliphatic rings. The maximum atomic E-state index is 11.8. The molecule has 0 radical (unpaired) electrons. The molecule has 3 heteroatoms. The van der Waals surface area contributed by atoms with Gasteiger partial charge < -0.3 is 10.1 Å². The zero-order valence-electron chi connectivity index (χ0n) is 14.1. The maximum Gasteiger partial charge on any atom is 0.224 e. The van der Waals surface area contributed by atoms with Gasteiger partial charge in [-0.2, -0.15) is 0 Å². The van der Waals surface area contributed by atoms with Crippen molar-refractivity contribution < 1.29 is 9.53 Å². The zero-order chi connectivity index (χ0) is 16.7. The van der Waals surface area contributed by atoms with E-state index in [9.17, 15) is 4.79 Å². The quantitative estimate of drug-likeness (QED) is 0.780. The van der Waals surface area contributed by atoms with Crippen molar-refractivity contribution in [2.45, 2.75) is 39.0 Å². The third-order valence-corrected chi connectivity index (χ3v) is 3.59. The molecule has 23 heavy (non-hydrogen) atoms. The van der Waals surface area contributed by atoms with E-state index in [1.807, 2.05) is 42.5 Å². The van der Waals surface area contributed by atoms with Crippen LogP contribution in [0.1, 0.15) is 39.2 Å². The van der Waals surface area contributed by atoms with E-state index < -0.39 is 0 Å². The van der Waals surface area contributed by atoms with Crippen molar-refractivity contribution >= 4 is 11.6 Å². The van der Waals surface area contributed by atoms with Gasteiger partial charge in [0.2, 0.25) is 5.91 Å². The number of benzene rings is 2. The molecule has 0 saturated heterocycles. The third-order valence-electron chi connectivity index (χ3n) is 3.59. The van der Waals surface area contributed by atoms with Gasteiger partial charge in [-0.15, -0.1) is 0 Å². The molecule has 0 aliphatic carbocycles. The van der Waals surface area contributed by atoms with E-state index >= 15 is 0 Å². The number of rotatable bonds is 6. The number of para-hydroxylation sites is 1. The third kappa shape index (κ3) is 5.78. The molecule has 0 heterocycles. The Kier molecular flexibility index (Phi) is 5.80. The molecule has 0 aromatic heterocycles. The van der Waals surface area contributed by atoms with E-state index in [-0.39, 0.29) is 11.3 Å². The second-order valence-corrected chi connectivity index (χ2v) is 6.64. The molecule has 0 aliphatic heterocycles. The van der Waals surface area contributed by atoms with Crippen molar-refractivity contribution in [3.05, 3.63) is 60.2 Å². The van der Waals surface area contributed by atoms with Gasteiger partial charge in [-0.25, -0.2) is 0 Å². The lowest BCUT2D eigenvalue weighted by Crippen LogP contribution is -2.13. The summed E-state index contributed by atoms with van der Waals surface area (Å²) in [7, 11) is 0. The van der Waals surface area contributed by atoms with Gasteiger partial charge in [-0.05, 0) is 41.7 Å². The number of anilines is 1. The second-order valence-electron chi connectivity index (χ2n) is 6.64. The molecule has 3 nitrogen and oxygen atoms in total. The molecular formula is C20H25NO2. The van der Waals surface area contributed by atoms with Gasteiger partial charge in [0, 0.05) is 12.1 Å². The lowest BCUT2D eigenvalue weighted by molar-refractivity contribution is -0.116. The van der Waals surface area contributed by atoms with E-state index in [0.717, 1.165) is 11.4 Å². The Bertz CT molecular complexity index is 612. The summed E-state index contributed by atoms with van der Waals surface area (Å²) < 4.78 is 5.69. The van der Waals surface area contributed by atoms with Crippen molar-refractivity contribution in [1.29, 1.82) is 0 Å². The average Bonchev–Trinajstić information content (AvgIpc) is 2.52. The van der Waals surface area contributed by atoms with Gasteiger partial charge in [0.15, 0.2) is 0 Å². The first-order valence-corrected chi connectivity index (χ1v) is 8.03. The summed E-state index contributed by atoms with van der Waals surface area (Å²) in [5, 5.41) is 2.87. The van der Waals surface area contributed by atoms with Crippen LogP contribution >= 0.6 is 0 Å². The van der Waals surface area contributed by atoms with E-state index in [2.05, 4.69) is 38.2 Å². The summed E-state index contributed by atoms with van der Waals surface area (Å²) in [6.45, 7) is 7.10. The normalized spacial score (nSPS) is 11.1. The minimum Gasteiger partial charge on any atom is -0.494 e. The number of nitrogens with one attached hydrogen (secondary N) is 1. The van der Waals surface area contributed by atoms with Crippen LogP contribution in [0.5, 0.6) is 5.75 Å². The van der Waals surface area contributed by atoms with Crippen LogP contribution in [0.2, 0.25) is 0 Å². The molecular weight excluding hydrogens is 286 g/mol. The summed E-state index contributed by atoms with van der Waals surface area (Å²) in [6, 6.07) is 17.7. The standard InChI is InChI=1S/C20H25NO2/c1-20(2,3)16-11-13-18(14-12-16)23-15-7-10-19(22)21-17-8-5-4-6-9-17/h4-6,8-9,11-14H,7,10,15H2,1-3H3,(H,21,22). The summed E-state index contributed by atoms with van der Waals surface area (Å²) in [5.74, 6) is 0.865. The fraction of sp³-hybridized carbons (Fsp3) is 0.350. The minimum atomic E-state index is 0.0166. The van der Waals surface area contributed by atoms with Crippen molar-refractivity contribution in [2.24, 2.45) is 0 Å². The molecule has 2 rings (SSSR count). The summed E-state index contributed by atoms with van der Waals surface area (Å²) >= 11 is 0. The van der Waals surface area contributed by atoms with Crippen molar-refractivity contribution in [3.63, 3.8) is 0 Å². The van der Waals surface area contributed by atoms with Gasteiger partial charge in [0.25, 0.3) is 0 Å². The van der Waals surface area contributed by atoms with Crippen LogP contribution in [-0.4, -0.2) is 12.5 Å². The van der Waals surface area contributed by atoms with E-state index in [4.69, 9.17) is 4.74 Å². The monoisotopic (exact) mass is 311 g/mol. The number of ether oxygens (including phenoxy) is 1. The predicted octanol–water partition coefficient (Wildman–Crippen LogP) is 4.78. The largest absolute Gasteiger partial charge is 0.494 e. The van der Waals surface area contributed by atoms with Gasteiger partial charge >= 0.3 is 0 Å². The Balaban J connectivity index is 1.70. The zero-order valence-corrected chi connectivity index (χ0v) is 14.1. The molecule has 0 spiro atoms. The topological polar surface area (TPSA) is 38.3 Å². The fourth-order valence-corrected chi connectivity index (χ4v) is 2.22. The summed E-state index contributed by atoms with van der Waals surface area (Å²) in [6.07, 6.45) is 1.15. The lowest BCUT2D eigenvalue weighted by atomic mass is 9.87. The molecule has 0 fully saturated rings. The van der Waals surface area contributed by atoms with Crippen LogP contribution in [0.4, 0.5) is 5.69 Å². The SMILES string of the molecule is CC(C)(C)c1ccc(OCCCC(=O)Nc2ccccc2)cc1. The molecule has 2 aromatic carbocycles. The number of carbonyl (C=O) groups excluding carboxylic acids is 1. The summed E-state index contributed by atoms with van der Waals surface area (Å²) in [5.41, 5.74) is 2.26. The summed E-state index contributed by atoms with van der Waals surface area (Å²) in [4.78, 5) is 11.8. The molecule has 0 saturated carbocycles. The highest BCUT2D eigenvalue weighted by Crippen LogP contribution is 2.24. The van der Waals surface area contributed by atoms with Gasteiger partial charge in [-0.3, -0.25) is 4.79 Å². The Morgan fingerprint density at radius 2 is 1.65 bits per heavy atom. The van der Waals surface area contributed by atoms with Crippen LogP contribution in [0, 0.1) is 0 Å². The first-order chi connectivity index (χ1) is 10.9. The minimum absolute atomic E-state index is 0.0166. The number of hydrogen-bond acceptors (Lipinski definition) is 2. The highest BCUT2D eigenvalue weighted by atomic mass is 16.5. The average molecular weight is 311 g/mol. The maximum absolute atomic E-state index is 11.8. The lowest BCUT2D eigenvalue weighted by Gasteiger charge is -2.19. The number of hydrogen-bond donors (Lipinski definition) is 1. The van der Waals surface area contributed by atoms with E-state index in [1.54, 1.807) is 0 Å². The second kappa shape index (κ2) is 7.82. The first kappa shape index (κ1) is 17.1. The Morgan fingerprint density at radius 1 is 1.00 bits per heavy atom. The molecule has 0 atom stereocenters. The van der Waals surface area contributed by atoms with E-state index in [0.29, 0.717) is 19.4 Å². The number of carbonyl (C=O) groups is 1. The predicted molar refractivity (Wildman–Crippen MR) is 94.9 cm³/mol. The van der Waals surface area contributed by atoms with Crippen molar-refractivity contribution in [1.82, 2.24) is 0 Å².